The van der Waals surface area contributed by atoms with E-state index in [2.05, 4.69) is 22.4 Å². The topological polar surface area (TPSA) is 71.3 Å². The van der Waals surface area contributed by atoms with E-state index in [1.54, 1.807) is 4.90 Å². The van der Waals surface area contributed by atoms with Gasteiger partial charge in [-0.1, -0.05) is 13.8 Å². The highest BCUT2D eigenvalue weighted by molar-refractivity contribution is 5.96. The standard InChI is InChI=1S/C12H20N4O2/c1-4-9-14-12(15-18-9)16-7-5-6-8(2)10(13-3)11(16)17/h8,10,13H,4-7H2,1-3H3. The molecule has 1 aliphatic rings. The van der Waals surface area contributed by atoms with Crippen LogP contribution in [0.1, 0.15) is 32.6 Å². The van der Waals surface area contributed by atoms with Crippen molar-refractivity contribution in [2.45, 2.75) is 39.2 Å². The van der Waals surface area contributed by atoms with Crippen LogP contribution < -0.4 is 10.2 Å². The normalized spacial score (nSPS) is 25.3. The van der Waals surface area contributed by atoms with Crippen LogP contribution in [-0.2, 0) is 11.2 Å². The molecule has 0 aliphatic carbocycles. The smallest absolute Gasteiger partial charge is 0.272 e. The van der Waals surface area contributed by atoms with Gasteiger partial charge >= 0.3 is 0 Å². The molecule has 18 heavy (non-hydrogen) atoms. The van der Waals surface area contributed by atoms with Gasteiger partial charge in [-0.25, -0.2) is 0 Å². The number of nitrogens with zero attached hydrogens (tertiary/aromatic N) is 3. The van der Waals surface area contributed by atoms with Crippen molar-refractivity contribution < 1.29 is 9.32 Å². The molecule has 2 atom stereocenters. The zero-order chi connectivity index (χ0) is 13.1. The maximum Gasteiger partial charge on any atom is 0.272 e. The Morgan fingerprint density at radius 3 is 2.94 bits per heavy atom. The molecular formula is C12H20N4O2. The first kappa shape index (κ1) is 13.0. The van der Waals surface area contributed by atoms with E-state index in [-0.39, 0.29) is 11.9 Å². The van der Waals surface area contributed by atoms with Gasteiger partial charge in [0.15, 0.2) is 0 Å². The molecule has 1 saturated heterocycles. The van der Waals surface area contributed by atoms with Crippen molar-refractivity contribution in [2.24, 2.45) is 5.92 Å². The predicted molar refractivity (Wildman–Crippen MR) is 67.3 cm³/mol. The number of nitrogens with one attached hydrogen (secondary N) is 1. The quantitative estimate of drug-likeness (QED) is 0.868. The highest BCUT2D eigenvalue weighted by Crippen LogP contribution is 2.21. The summed E-state index contributed by atoms with van der Waals surface area (Å²) in [5.41, 5.74) is 0. The van der Waals surface area contributed by atoms with E-state index in [4.69, 9.17) is 4.52 Å². The number of likely N-dealkylation sites (N-methyl/N-ethyl adjacent to an activating group) is 1. The second-order valence-electron chi connectivity index (χ2n) is 4.72. The van der Waals surface area contributed by atoms with Gasteiger partial charge in [-0.05, 0) is 31.0 Å². The summed E-state index contributed by atoms with van der Waals surface area (Å²) < 4.78 is 5.08. The fourth-order valence-corrected chi connectivity index (χ4v) is 2.37. The van der Waals surface area contributed by atoms with Crippen molar-refractivity contribution in [1.82, 2.24) is 15.5 Å². The molecule has 0 aromatic carbocycles. The largest absolute Gasteiger partial charge is 0.337 e. The molecule has 1 N–H and O–H groups in total. The maximum absolute atomic E-state index is 12.4. The Labute approximate surface area is 107 Å². The van der Waals surface area contributed by atoms with Gasteiger partial charge in [-0.15, -0.1) is 0 Å². The molecule has 2 rings (SSSR count). The Balaban J connectivity index is 2.23. The Bertz CT molecular complexity index is 418. The number of hydrogen-bond acceptors (Lipinski definition) is 5. The zero-order valence-electron chi connectivity index (χ0n) is 11.1. The average Bonchev–Trinajstić information content (AvgIpc) is 2.78. The zero-order valence-corrected chi connectivity index (χ0v) is 11.1. The third kappa shape index (κ3) is 2.38. The van der Waals surface area contributed by atoms with Gasteiger partial charge in [0.2, 0.25) is 11.8 Å². The molecule has 0 saturated carbocycles. The molecule has 1 aromatic rings. The van der Waals surface area contributed by atoms with E-state index in [0.717, 1.165) is 12.8 Å². The summed E-state index contributed by atoms with van der Waals surface area (Å²) in [5.74, 6) is 1.32. The summed E-state index contributed by atoms with van der Waals surface area (Å²) in [7, 11) is 1.82. The summed E-state index contributed by atoms with van der Waals surface area (Å²) in [6.07, 6.45) is 2.66. The Kier molecular flexibility index (Phi) is 3.96. The Hall–Kier alpha value is -1.43. The number of anilines is 1. The molecule has 6 nitrogen and oxygen atoms in total. The monoisotopic (exact) mass is 252 g/mol. The van der Waals surface area contributed by atoms with E-state index in [1.807, 2.05) is 14.0 Å². The van der Waals surface area contributed by atoms with E-state index >= 15 is 0 Å². The first-order valence-electron chi connectivity index (χ1n) is 6.48. The first-order valence-corrected chi connectivity index (χ1v) is 6.48. The summed E-state index contributed by atoms with van der Waals surface area (Å²) in [6, 6.07) is -0.170. The molecule has 2 heterocycles. The third-order valence-corrected chi connectivity index (χ3v) is 3.45. The molecular weight excluding hydrogens is 232 g/mol. The molecule has 2 unspecified atom stereocenters. The minimum absolute atomic E-state index is 0.0333. The second-order valence-corrected chi connectivity index (χ2v) is 4.72. The molecule has 0 radical (unpaired) electrons. The van der Waals surface area contributed by atoms with Crippen LogP contribution in [-0.4, -0.2) is 35.7 Å². The maximum atomic E-state index is 12.4. The van der Waals surface area contributed by atoms with Gasteiger partial charge in [-0.2, -0.15) is 4.98 Å². The minimum Gasteiger partial charge on any atom is -0.337 e. The van der Waals surface area contributed by atoms with Crippen molar-refractivity contribution in [3.8, 4) is 0 Å². The van der Waals surface area contributed by atoms with Gasteiger partial charge in [0.05, 0.1) is 6.04 Å². The number of rotatable bonds is 3. The Morgan fingerprint density at radius 1 is 1.56 bits per heavy atom. The first-order chi connectivity index (χ1) is 8.67. The highest BCUT2D eigenvalue weighted by Gasteiger charge is 2.33. The van der Waals surface area contributed by atoms with Crippen LogP contribution in [0, 0.1) is 5.92 Å². The van der Waals surface area contributed by atoms with Crippen LogP contribution in [0.15, 0.2) is 4.52 Å². The highest BCUT2D eigenvalue weighted by atomic mass is 16.5. The van der Waals surface area contributed by atoms with Crippen molar-refractivity contribution in [1.29, 1.82) is 0 Å². The molecule has 0 spiro atoms. The molecule has 0 bridgehead atoms. The van der Waals surface area contributed by atoms with Gasteiger partial charge < -0.3 is 9.84 Å². The number of carbonyl (C=O) groups is 1. The minimum atomic E-state index is -0.170. The van der Waals surface area contributed by atoms with Crippen LogP contribution in [0.3, 0.4) is 0 Å². The van der Waals surface area contributed by atoms with E-state index in [9.17, 15) is 4.79 Å². The molecule has 1 fully saturated rings. The second kappa shape index (κ2) is 5.48. The molecule has 100 valence electrons. The lowest BCUT2D eigenvalue weighted by molar-refractivity contribution is -0.121. The molecule has 6 heteroatoms. The number of aromatic nitrogens is 2. The van der Waals surface area contributed by atoms with Crippen molar-refractivity contribution in [3.05, 3.63) is 5.89 Å². The number of amides is 1. The number of aryl methyl sites for hydroxylation is 1. The summed E-state index contributed by atoms with van der Waals surface area (Å²) >= 11 is 0. The van der Waals surface area contributed by atoms with Gasteiger partial charge in [0, 0.05) is 13.0 Å². The van der Waals surface area contributed by atoms with Crippen LogP contribution in [0.2, 0.25) is 0 Å². The Morgan fingerprint density at radius 2 is 2.33 bits per heavy atom. The van der Waals surface area contributed by atoms with E-state index in [0.29, 0.717) is 30.7 Å². The van der Waals surface area contributed by atoms with E-state index < -0.39 is 0 Å². The lowest BCUT2D eigenvalue weighted by Gasteiger charge is -2.23. The molecule has 1 amide bonds. The lowest BCUT2D eigenvalue weighted by atomic mass is 9.98. The van der Waals surface area contributed by atoms with Gasteiger partial charge in [0.1, 0.15) is 0 Å². The third-order valence-electron chi connectivity index (χ3n) is 3.45. The van der Waals surface area contributed by atoms with Crippen LogP contribution in [0.25, 0.3) is 0 Å². The van der Waals surface area contributed by atoms with Crippen molar-refractivity contribution in [2.75, 3.05) is 18.5 Å². The summed E-state index contributed by atoms with van der Waals surface area (Å²) in [4.78, 5) is 18.3. The van der Waals surface area contributed by atoms with Crippen LogP contribution >= 0.6 is 0 Å². The predicted octanol–water partition coefficient (Wildman–Crippen LogP) is 0.983. The van der Waals surface area contributed by atoms with Gasteiger partial charge in [-0.3, -0.25) is 9.69 Å². The fourth-order valence-electron chi connectivity index (χ4n) is 2.37. The van der Waals surface area contributed by atoms with Crippen molar-refractivity contribution in [3.63, 3.8) is 0 Å². The molecule has 1 aliphatic heterocycles. The summed E-state index contributed by atoms with van der Waals surface area (Å²) in [6.45, 7) is 4.69. The van der Waals surface area contributed by atoms with Crippen LogP contribution in [0.5, 0.6) is 0 Å². The van der Waals surface area contributed by atoms with Gasteiger partial charge in [0.25, 0.3) is 5.95 Å². The SMILES string of the molecule is CCc1nc(N2CCCC(C)C(NC)C2=O)no1. The number of carbonyl (C=O) groups excluding carboxylic acids is 1. The summed E-state index contributed by atoms with van der Waals surface area (Å²) in [5, 5.41) is 6.97. The fraction of sp³-hybridized carbons (Fsp3) is 0.750. The van der Waals surface area contributed by atoms with E-state index in [1.165, 1.54) is 0 Å². The molecule has 1 aromatic heterocycles. The lowest BCUT2D eigenvalue weighted by Crippen LogP contribution is -2.47. The van der Waals surface area contributed by atoms with Crippen LogP contribution in [0.4, 0.5) is 5.95 Å². The van der Waals surface area contributed by atoms with Crippen molar-refractivity contribution >= 4 is 11.9 Å². The number of hydrogen-bond donors (Lipinski definition) is 1. The average molecular weight is 252 g/mol.